The monoisotopic (exact) mass is 374 g/mol. The number of rotatable bonds is 4. The molecule has 3 aromatic rings. The molecule has 2 aromatic heterocycles. The van der Waals surface area contributed by atoms with Crippen LogP contribution in [0.2, 0.25) is 5.02 Å². The standard InChI is InChI=1S/C17H15ClN4O2S/c1-10-11(2)25-16-15(10)17(24)22(9-19-16)8-14(23)21-20-7-12-4-3-5-13(18)6-12/h3-7,9H,8H2,1-2H3,(H,21,23)/b20-7+. The number of hydrazone groups is 1. The van der Waals surface area contributed by atoms with Crippen molar-refractivity contribution in [1.82, 2.24) is 15.0 Å². The molecule has 0 radical (unpaired) electrons. The smallest absolute Gasteiger partial charge is 0.262 e. The minimum Gasteiger partial charge on any atom is -0.289 e. The molecule has 8 heteroatoms. The van der Waals surface area contributed by atoms with Gasteiger partial charge in [-0.2, -0.15) is 5.10 Å². The molecular formula is C17H15ClN4O2S. The minimum absolute atomic E-state index is 0.150. The molecular weight excluding hydrogens is 360 g/mol. The molecule has 1 N–H and O–H groups in total. The average molecular weight is 375 g/mol. The molecule has 0 aliphatic carbocycles. The molecule has 1 amide bonds. The molecule has 0 spiro atoms. The van der Waals surface area contributed by atoms with Gasteiger partial charge in [0.05, 0.1) is 17.9 Å². The topological polar surface area (TPSA) is 76.3 Å². The molecule has 2 heterocycles. The highest BCUT2D eigenvalue weighted by Gasteiger charge is 2.13. The average Bonchev–Trinajstić information content (AvgIpc) is 2.86. The van der Waals surface area contributed by atoms with E-state index in [9.17, 15) is 9.59 Å². The van der Waals surface area contributed by atoms with Crippen LogP contribution in [0.25, 0.3) is 10.2 Å². The molecule has 25 heavy (non-hydrogen) atoms. The molecule has 0 aliphatic heterocycles. The Kier molecular flexibility index (Phi) is 4.96. The van der Waals surface area contributed by atoms with Crippen molar-refractivity contribution >= 4 is 45.3 Å². The van der Waals surface area contributed by atoms with Gasteiger partial charge >= 0.3 is 0 Å². The number of halogens is 1. The van der Waals surface area contributed by atoms with Crippen LogP contribution in [0.15, 0.2) is 40.5 Å². The summed E-state index contributed by atoms with van der Waals surface area (Å²) in [6.45, 7) is 3.68. The van der Waals surface area contributed by atoms with Crippen molar-refractivity contribution in [2.75, 3.05) is 0 Å². The normalized spacial score (nSPS) is 11.3. The third-order valence-electron chi connectivity index (χ3n) is 3.72. The van der Waals surface area contributed by atoms with E-state index in [1.54, 1.807) is 18.2 Å². The van der Waals surface area contributed by atoms with Crippen LogP contribution in [0, 0.1) is 13.8 Å². The Morgan fingerprint density at radius 3 is 3.00 bits per heavy atom. The van der Waals surface area contributed by atoms with Crippen LogP contribution in [0.4, 0.5) is 0 Å². The number of nitrogens with zero attached hydrogens (tertiary/aromatic N) is 3. The molecule has 0 aliphatic rings. The van der Waals surface area contributed by atoms with E-state index >= 15 is 0 Å². The maximum atomic E-state index is 12.5. The van der Waals surface area contributed by atoms with Crippen LogP contribution in [-0.2, 0) is 11.3 Å². The lowest BCUT2D eigenvalue weighted by atomic mass is 10.2. The second-order valence-corrected chi connectivity index (χ2v) is 7.13. The lowest BCUT2D eigenvalue weighted by Gasteiger charge is -2.04. The fraction of sp³-hybridized carbons (Fsp3) is 0.176. The minimum atomic E-state index is -0.411. The third-order valence-corrected chi connectivity index (χ3v) is 5.07. The zero-order chi connectivity index (χ0) is 18.0. The summed E-state index contributed by atoms with van der Waals surface area (Å²) in [7, 11) is 0. The van der Waals surface area contributed by atoms with Crippen LogP contribution in [0.5, 0.6) is 0 Å². The van der Waals surface area contributed by atoms with Crippen molar-refractivity contribution in [2.24, 2.45) is 5.10 Å². The van der Waals surface area contributed by atoms with Crippen molar-refractivity contribution in [3.63, 3.8) is 0 Å². The summed E-state index contributed by atoms with van der Waals surface area (Å²) in [5.41, 5.74) is 3.85. The number of thiophene rings is 1. The van der Waals surface area contributed by atoms with Gasteiger partial charge in [0.2, 0.25) is 0 Å². The number of fused-ring (bicyclic) bond motifs is 1. The van der Waals surface area contributed by atoms with Crippen molar-refractivity contribution in [2.45, 2.75) is 20.4 Å². The summed E-state index contributed by atoms with van der Waals surface area (Å²) >= 11 is 7.35. The summed E-state index contributed by atoms with van der Waals surface area (Å²) < 4.78 is 1.28. The molecule has 3 rings (SSSR count). The molecule has 0 saturated heterocycles. The van der Waals surface area contributed by atoms with Crippen LogP contribution in [0.1, 0.15) is 16.0 Å². The first-order valence-corrected chi connectivity index (χ1v) is 8.68. The number of aryl methyl sites for hydroxylation is 2. The summed E-state index contributed by atoms with van der Waals surface area (Å²) in [6.07, 6.45) is 2.88. The van der Waals surface area contributed by atoms with Crippen LogP contribution >= 0.6 is 22.9 Å². The van der Waals surface area contributed by atoms with Crippen molar-refractivity contribution in [3.05, 3.63) is 62.0 Å². The predicted octanol–water partition coefficient (Wildman–Crippen LogP) is 2.88. The highest BCUT2D eigenvalue weighted by atomic mass is 35.5. The van der Waals surface area contributed by atoms with E-state index in [-0.39, 0.29) is 12.1 Å². The van der Waals surface area contributed by atoms with Crippen LogP contribution in [-0.4, -0.2) is 21.7 Å². The van der Waals surface area contributed by atoms with Crippen molar-refractivity contribution in [1.29, 1.82) is 0 Å². The lowest BCUT2D eigenvalue weighted by Crippen LogP contribution is -2.30. The van der Waals surface area contributed by atoms with E-state index in [4.69, 9.17) is 11.6 Å². The number of hydrogen-bond acceptors (Lipinski definition) is 5. The van der Waals surface area contributed by atoms with Gasteiger partial charge in [-0.05, 0) is 37.1 Å². The molecule has 0 bridgehead atoms. The largest absolute Gasteiger partial charge is 0.289 e. The van der Waals surface area contributed by atoms with Crippen LogP contribution < -0.4 is 11.0 Å². The second kappa shape index (κ2) is 7.16. The number of carbonyl (C=O) groups is 1. The Morgan fingerprint density at radius 1 is 1.44 bits per heavy atom. The summed E-state index contributed by atoms with van der Waals surface area (Å²) in [5.74, 6) is -0.411. The fourth-order valence-electron chi connectivity index (χ4n) is 2.34. The van der Waals surface area contributed by atoms with Crippen LogP contribution in [0.3, 0.4) is 0 Å². The maximum absolute atomic E-state index is 12.5. The van der Waals surface area contributed by atoms with E-state index in [0.29, 0.717) is 15.2 Å². The molecule has 128 valence electrons. The Labute approximate surface area is 152 Å². The fourth-order valence-corrected chi connectivity index (χ4v) is 3.52. The van der Waals surface area contributed by atoms with Gasteiger partial charge < -0.3 is 0 Å². The third kappa shape index (κ3) is 3.78. The van der Waals surface area contributed by atoms with E-state index < -0.39 is 5.91 Å². The lowest BCUT2D eigenvalue weighted by molar-refractivity contribution is -0.121. The molecule has 0 saturated carbocycles. The zero-order valence-electron chi connectivity index (χ0n) is 13.6. The first-order valence-electron chi connectivity index (χ1n) is 7.48. The van der Waals surface area contributed by atoms with E-state index in [1.807, 2.05) is 19.9 Å². The molecule has 0 unspecified atom stereocenters. The molecule has 6 nitrogen and oxygen atoms in total. The van der Waals surface area contributed by atoms with Gasteiger partial charge in [-0.3, -0.25) is 14.2 Å². The molecule has 0 atom stereocenters. The number of amides is 1. The van der Waals surface area contributed by atoms with Crippen molar-refractivity contribution in [3.8, 4) is 0 Å². The summed E-state index contributed by atoms with van der Waals surface area (Å²) in [4.78, 5) is 30.5. The molecule has 0 fully saturated rings. The zero-order valence-corrected chi connectivity index (χ0v) is 15.2. The van der Waals surface area contributed by atoms with Crippen molar-refractivity contribution < 1.29 is 4.79 Å². The Hall–Kier alpha value is -2.51. The first-order chi connectivity index (χ1) is 12.0. The molecule has 1 aromatic carbocycles. The van der Waals surface area contributed by atoms with Gasteiger partial charge in [0.25, 0.3) is 11.5 Å². The number of benzene rings is 1. The van der Waals surface area contributed by atoms with Gasteiger partial charge in [-0.15, -0.1) is 11.3 Å². The SMILES string of the molecule is Cc1sc2ncn(CC(=O)N/N=C/c3cccc(Cl)c3)c(=O)c2c1C. The van der Waals surface area contributed by atoms with E-state index in [1.165, 1.54) is 28.4 Å². The summed E-state index contributed by atoms with van der Waals surface area (Å²) in [5, 5.41) is 5.03. The Bertz CT molecular complexity index is 1040. The Balaban J connectivity index is 1.73. The number of aromatic nitrogens is 2. The number of hydrogen-bond donors (Lipinski definition) is 1. The Morgan fingerprint density at radius 2 is 2.24 bits per heavy atom. The van der Waals surface area contributed by atoms with Gasteiger partial charge in [0.15, 0.2) is 0 Å². The van der Waals surface area contributed by atoms with E-state index in [0.717, 1.165) is 16.0 Å². The highest BCUT2D eigenvalue weighted by Crippen LogP contribution is 2.25. The second-order valence-electron chi connectivity index (χ2n) is 5.49. The number of carbonyl (C=O) groups excluding carboxylic acids is 1. The van der Waals surface area contributed by atoms with E-state index in [2.05, 4.69) is 15.5 Å². The predicted molar refractivity (Wildman–Crippen MR) is 101 cm³/mol. The maximum Gasteiger partial charge on any atom is 0.262 e. The van der Waals surface area contributed by atoms with Gasteiger partial charge in [0, 0.05) is 9.90 Å². The first kappa shape index (κ1) is 17.3. The van der Waals surface area contributed by atoms with Gasteiger partial charge in [0.1, 0.15) is 11.4 Å². The summed E-state index contributed by atoms with van der Waals surface area (Å²) in [6, 6.07) is 7.07. The number of nitrogens with one attached hydrogen (secondary N) is 1. The van der Waals surface area contributed by atoms with Gasteiger partial charge in [-0.25, -0.2) is 10.4 Å². The van der Waals surface area contributed by atoms with Gasteiger partial charge in [-0.1, -0.05) is 23.7 Å². The quantitative estimate of drug-likeness (QED) is 0.563. The highest BCUT2D eigenvalue weighted by molar-refractivity contribution is 7.18.